The number of hydrogen-bond acceptors (Lipinski definition) is 3. The molecule has 2 N–H and O–H groups in total. The summed E-state index contributed by atoms with van der Waals surface area (Å²) in [6.07, 6.45) is 3.53. The van der Waals surface area contributed by atoms with E-state index >= 15 is 0 Å². The van der Waals surface area contributed by atoms with Crippen LogP contribution in [0, 0.1) is 0 Å². The zero-order valence-corrected chi connectivity index (χ0v) is 9.21. The van der Waals surface area contributed by atoms with Crippen molar-refractivity contribution in [3.05, 3.63) is 48.3 Å². The zero-order valence-electron chi connectivity index (χ0n) is 9.21. The topological polar surface area (TPSA) is 67.2 Å². The van der Waals surface area contributed by atoms with Crippen molar-refractivity contribution in [3.8, 4) is 5.69 Å². The monoisotopic (exact) mass is 231 g/mol. The lowest BCUT2D eigenvalue weighted by Crippen LogP contribution is -2.26. The highest BCUT2D eigenvalue weighted by Gasteiger charge is 2.04. The Bertz CT molecular complexity index is 477. The maximum absolute atomic E-state index is 11.6. The number of amides is 1. The van der Waals surface area contributed by atoms with E-state index in [2.05, 4.69) is 10.4 Å². The molecule has 0 radical (unpaired) electrons. The summed E-state index contributed by atoms with van der Waals surface area (Å²) in [6, 6.07) is 8.93. The Balaban J connectivity index is 2.10. The summed E-state index contributed by atoms with van der Waals surface area (Å²) in [6.45, 7) is 0.205. The molecule has 5 nitrogen and oxygen atoms in total. The zero-order chi connectivity index (χ0) is 12.1. The largest absolute Gasteiger partial charge is 0.395 e. The van der Waals surface area contributed by atoms with Gasteiger partial charge in [-0.2, -0.15) is 5.10 Å². The summed E-state index contributed by atoms with van der Waals surface area (Å²) in [7, 11) is 0. The fourth-order valence-corrected chi connectivity index (χ4v) is 1.46. The van der Waals surface area contributed by atoms with E-state index in [4.69, 9.17) is 5.11 Å². The van der Waals surface area contributed by atoms with Crippen molar-refractivity contribution in [1.82, 2.24) is 15.1 Å². The van der Waals surface area contributed by atoms with Gasteiger partial charge in [-0.15, -0.1) is 0 Å². The maximum atomic E-state index is 11.6. The second-order valence-electron chi connectivity index (χ2n) is 3.48. The van der Waals surface area contributed by atoms with Gasteiger partial charge in [-0.25, -0.2) is 4.68 Å². The van der Waals surface area contributed by atoms with Crippen molar-refractivity contribution in [1.29, 1.82) is 0 Å². The molecule has 0 fully saturated rings. The molecule has 1 aromatic heterocycles. The van der Waals surface area contributed by atoms with Crippen LogP contribution < -0.4 is 5.32 Å². The van der Waals surface area contributed by atoms with Crippen LogP contribution in [0.15, 0.2) is 42.7 Å². The fraction of sp³-hybridized carbons (Fsp3) is 0.167. The minimum Gasteiger partial charge on any atom is -0.395 e. The van der Waals surface area contributed by atoms with Gasteiger partial charge in [0, 0.05) is 24.5 Å². The molecule has 0 saturated carbocycles. The molecular formula is C12H13N3O2. The average molecular weight is 231 g/mol. The number of aliphatic hydroxyl groups is 1. The Kier molecular flexibility index (Phi) is 3.52. The Morgan fingerprint density at radius 1 is 1.35 bits per heavy atom. The normalized spacial score (nSPS) is 10.2. The van der Waals surface area contributed by atoms with Gasteiger partial charge in [-0.3, -0.25) is 4.79 Å². The Morgan fingerprint density at radius 3 is 2.71 bits per heavy atom. The van der Waals surface area contributed by atoms with Gasteiger partial charge >= 0.3 is 0 Å². The van der Waals surface area contributed by atoms with E-state index in [0.29, 0.717) is 5.56 Å². The summed E-state index contributed by atoms with van der Waals surface area (Å²) in [4.78, 5) is 11.6. The van der Waals surface area contributed by atoms with Gasteiger partial charge in [0.15, 0.2) is 0 Å². The molecule has 0 saturated heterocycles. The third-order valence-electron chi connectivity index (χ3n) is 2.30. The predicted molar refractivity (Wildman–Crippen MR) is 63.0 cm³/mol. The van der Waals surface area contributed by atoms with Gasteiger partial charge < -0.3 is 10.4 Å². The van der Waals surface area contributed by atoms with E-state index in [1.54, 1.807) is 23.0 Å². The third-order valence-corrected chi connectivity index (χ3v) is 2.30. The lowest BCUT2D eigenvalue weighted by atomic mass is 10.2. The van der Waals surface area contributed by atoms with E-state index < -0.39 is 0 Å². The van der Waals surface area contributed by atoms with Crippen molar-refractivity contribution in [2.45, 2.75) is 0 Å². The first-order chi connectivity index (χ1) is 8.31. The second-order valence-corrected chi connectivity index (χ2v) is 3.48. The van der Waals surface area contributed by atoms with E-state index in [9.17, 15) is 4.79 Å². The van der Waals surface area contributed by atoms with Crippen LogP contribution in [0.25, 0.3) is 5.69 Å². The summed E-state index contributed by atoms with van der Waals surface area (Å²) >= 11 is 0. The molecule has 88 valence electrons. The molecule has 17 heavy (non-hydrogen) atoms. The summed E-state index contributed by atoms with van der Waals surface area (Å²) in [5, 5.41) is 15.3. The van der Waals surface area contributed by atoms with Crippen LogP contribution >= 0.6 is 0 Å². The smallest absolute Gasteiger partial charge is 0.251 e. The first-order valence-electron chi connectivity index (χ1n) is 5.30. The summed E-state index contributed by atoms with van der Waals surface area (Å²) in [5.74, 6) is -0.189. The molecule has 1 amide bonds. The van der Waals surface area contributed by atoms with Gasteiger partial charge in [0.2, 0.25) is 0 Å². The van der Waals surface area contributed by atoms with E-state index in [-0.39, 0.29) is 19.1 Å². The average Bonchev–Trinajstić information content (AvgIpc) is 2.90. The molecule has 0 aliphatic heterocycles. The highest BCUT2D eigenvalue weighted by Crippen LogP contribution is 2.08. The third kappa shape index (κ3) is 2.70. The first kappa shape index (κ1) is 11.3. The summed E-state index contributed by atoms with van der Waals surface area (Å²) in [5.41, 5.74) is 1.46. The lowest BCUT2D eigenvalue weighted by Gasteiger charge is -2.05. The van der Waals surface area contributed by atoms with Crippen LogP contribution in [0.4, 0.5) is 0 Å². The van der Waals surface area contributed by atoms with Gasteiger partial charge in [0.1, 0.15) is 0 Å². The van der Waals surface area contributed by atoms with Crippen molar-refractivity contribution >= 4 is 5.91 Å². The van der Waals surface area contributed by atoms with Crippen molar-refractivity contribution in [3.63, 3.8) is 0 Å². The quantitative estimate of drug-likeness (QED) is 0.809. The SMILES string of the molecule is O=C(NCCO)c1ccc(-n2cccn2)cc1. The van der Waals surface area contributed by atoms with Gasteiger partial charge in [-0.05, 0) is 30.3 Å². The molecule has 0 aliphatic carbocycles. The molecule has 0 aliphatic rings. The molecule has 0 bridgehead atoms. The van der Waals surface area contributed by atoms with Gasteiger partial charge in [-0.1, -0.05) is 0 Å². The minimum absolute atomic E-state index is 0.0584. The molecule has 0 unspecified atom stereocenters. The number of aliphatic hydroxyl groups excluding tert-OH is 1. The molecule has 2 rings (SSSR count). The van der Waals surface area contributed by atoms with Crippen LogP contribution in [0.1, 0.15) is 10.4 Å². The summed E-state index contributed by atoms with van der Waals surface area (Å²) < 4.78 is 1.72. The highest BCUT2D eigenvalue weighted by atomic mass is 16.3. The van der Waals surface area contributed by atoms with Crippen molar-refractivity contribution in [2.24, 2.45) is 0 Å². The first-order valence-corrected chi connectivity index (χ1v) is 5.30. The number of hydrogen-bond donors (Lipinski definition) is 2. The maximum Gasteiger partial charge on any atom is 0.251 e. The Morgan fingerprint density at radius 2 is 2.12 bits per heavy atom. The van der Waals surface area contributed by atoms with Crippen LogP contribution in [0.5, 0.6) is 0 Å². The number of nitrogens with zero attached hydrogens (tertiary/aromatic N) is 2. The molecule has 0 atom stereocenters. The van der Waals surface area contributed by atoms with Crippen molar-refractivity contribution in [2.75, 3.05) is 13.2 Å². The molecule has 2 aromatic rings. The minimum atomic E-state index is -0.189. The Labute approximate surface area is 98.7 Å². The van der Waals surface area contributed by atoms with Gasteiger partial charge in [0.05, 0.1) is 12.3 Å². The van der Waals surface area contributed by atoms with E-state index in [0.717, 1.165) is 5.69 Å². The number of nitrogens with one attached hydrogen (secondary N) is 1. The van der Waals surface area contributed by atoms with Crippen LogP contribution in [-0.2, 0) is 0 Å². The molecule has 0 spiro atoms. The molecule has 5 heteroatoms. The lowest BCUT2D eigenvalue weighted by molar-refractivity contribution is 0.0945. The molecular weight excluding hydrogens is 218 g/mol. The predicted octanol–water partition coefficient (Wildman–Crippen LogP) is 0.594. The molecule has 1 aromatic carbocycles. The van der Waals surface area contributed by atoms with E-state index in [1.807, 2.05) is 24.4 Å². The highest BCUT2D eigenvalue weighted by molar-refractivity contribution is 5.94. The van der Waals surface area contributed by atoms with E-state index in [1.165, 1.54) is 0 Å². The number of carbonyl (C=O) groups excluding carboxylic acids is 1. The second kappa shape index (κ2) is 5.27. The number of aromatic nitrogens is 2. The molecule has 1 heterocycles. The number of carbonyl (C=O) groups is 1. The van der Waals surface area contributed by atoms with Crippen LogP contribution in [0.3, 0.4) is 0 Å². The number of benzene rings is 1. The van der Waals surface area contributed by atoms with Crippen molar-refractivity contribution < 1.29 is 9.90 Å². The standard InChI is InChI=1S/C12H13N3O2/c16-9-7-13-12(17)10-2-4-11(5-3-10)15-8-1-6-14-15/h1-6,8,16H,7,9H2,(H,13,17). The Hall–Kier alpha value is -2.14. The van der Waals surface area contributed by atoms with Crippen LogP contribution in [-0.4, -0.2) is 33.9 Å². The van der Waals surface area contributed by atoms with Crippen LogP contribution in [0.2, 0.25) is 0 Å². The van der Waals surface area contributed by atoms with Gasteiger partial charge in [0.25, 0.3) is 5.91 Å². The fourth-order valence-electron chi connectivity index (χ4n) is 1.46. The number of rotatable bonds is 4.